The first-order valence-corrected chi connectivity index (χ1v) is 4.60. The van der Waals surface area contributed by atoms with E-state index in [1.54, 1.807) is 0 Å². The molecule has 2 heteroatoms. The largest absolute Gasteiger partial charge is 0.396 e. The van der Waals surface area contributed by atoms with Crippen LogP contribution >= 0.6 is 0 Å². The minimum absolute atomic E-state index is 0.318. The molecule has 0 spiro atoms. The summed E-state index contributed by atoms with van der Waals surface area (Å²) < 4.78 is 0. The predicted molar refractivity (Wildman–Crippen MR) is 48.7 cm³/mol. The van der Waals surface area contributed by atoms with Gasteiger partial charge in [-0.2, -0.15) is 0 Å². The lowest BCUT2D eigenvalue weighted by Crippen LogP contribution is -2.21. The third kappa shape index (κ3) is 7.82. The van der Waals surface area contributed by atoms with Gasteiger partial charge >= 0.3 is 0 Å². The van der Waals surface area contributed by atoms with Crippen molar-refractivity contribution in [2.45, 2.75) is 32.6 Å². The van der Waals surface area contributed by atoms with Gasteiger partial charge in [0.15, 0.2) is 0 Å². The second-order valence-electron chi connectivity index (χ2n) is 3.09. The average molecular weight is 159 g/mol. The lowest BCUT2D eigenvalue weighted by atomic mass is 10.2. The van der Waals surface area contributed by atoms with Crippen molar-refractivity contribution in [1.29, 1.82) is 0 Å². The molecule has 1 N–H and O–H groups in total. The highest BCUT2D eigenvalue weighted by Crippen LogP contribution is 1.96. The van der Waals surface area contributed by atoms with Crippen LogP contribution in [0.4, 0.5) is 0 Å². The van der Waals surface area contributed by atoms with Crippen molar-refractivity contribution < 1.29 is 5.11 Å². The summed E-state index contributed by atoms with van der Waals surface area (Å²) in [4.78, 5) is 2.28. The minimum Gasteiger partial charge on any atom is -0.396 e. The molecule has 0 saturated heterocycles. The Morgan fingerprint density at radius 2 is 1.73 bits per heavy atom. The topological polar surface area (TPSA) is 23.5 Å². The highest BCUT2D eigenvalue weighted by molar-refractivity contribution is 4.50. The van der Waals surface area contributed by atoms with Crippen LogP contribution in [0.25, 0.3) is 0 Å². The molecular formula is C9H21NO. The Balaban J connectivity index is 3.02. The molecule has 0 heterocycles. The average Bonchev–Trinajstić information content (AvgIpc) is 2.01. The molecule has 0 radical (unpaired) electrons. The Morgan fingerprint density at radius 3 is 2.27 bits per heavy atom. The molecule has 0 bridgehead atoms. The summed E-state index contributed by atoms with van der Waals surface area (Å²) in [5, 5.41) is 8.56. The SMILES string of the molecule is CCCCCN(C)CCCO. The number of aliphatic hydroxyl groups is 1. The fourth-order valence-corrected chi connectivity index (χ4v) is 1.08. The van der Waals surface area contributed by atoms with Gasteiger partial charge in [-0.15, -0.1) is 0 Å². The Hall–Kier alpha value is -0.0800. The molecule has 0 unspecified atom stereocenters. The molecule has 11 heavy (non-hydrogen) atoms. The highest BCUT2D eigenvalue weighted by Gasteiger charge is 1.95. The first-order valence-electron chi connectivity index (χ1n) is 4.60. The van der Waals surface area contributed by atoms with Crippen LogP contribution in [-0.2, 0) is 0 Å². The molecule has 0 amide bonds. The minimum atomic E-state index is 0.318. The molecule has 0 aromatic heterocycles. The number of hydrogen-bond acceptors (Lipinski definition) is 2. The highest BCUT2D eigenvalue weighted by atomic mass is 16.3. The van der Waals surface area contributed by atoms with Gasteiger partial charge in [0, 0.05) is 13.2 Å². The molecule has 0 rings (SSSR count). The van der Waals surface area contributed by atoms with Gasteiger partial charge in [0.05, 0.1) is 0 Å². The zero-order valence-electron chi connectivity index (χ0n) is 7.84. The van der Waals surface area contributed by atoms with Crippen molar-refractivity contribution in [3.8, 4) is 0 Å². The fraction of sp³-hybridized carbons (Fsp3) is 1.00. The van der Waals surface area contributed by atoms with Gasteiger partial charge in [-0.3, -0.25) is 0 Å². The third-order valence-corrected chi connectivity index (χ3v) is 1.84. The number of hydrogen-bond donors (Lipinski definition) is 1. The third-order valence-electron chi connectivity index (χ3n) is 1.84. The quantitative estimate of drug-likeness (QED) is 0.569. The summed E-state index contributed by atoms with van der Waals surface area (Å²) in [5.74, 6) is 0. The molecule has 0 fully saturated rings. The normalized spacial score (nSPS) is 10.9. The second kappa shape index (κ2) is 8.02. The molecule has 68 valence electrons. The van der Waals surface area contributed by atoms with Crippen LogP contribution in [0, 0.1) is 0 Å². The van der Waals surface area contributed by atoms with E-state index in [0.29, 0.717) is 6.61 Å². The van der Waals surface area contributed by atoms with Crippen LogP contribution in [0.2, 0.25) is 0 Å². The van der Waals surface area contributed by atoms with E-state index in [4.69, 9.17) is 5.11 Å². The van der Waals surface area contributed by atoms with E-state index in [-0.39, 0.29) is 0 Å². The van der Waals surface area contributed by atoms with Crippen molar-refractivity contribution in [2.24, 2.45) is 0 Å². The molecule has 0 saturated carbocycles. The number of aliphatic hydroxyl groups excluding tert-OH is 1. The van der Waals surface area contributed by atoms with Crippen molar-refractivity contribution in [1.82, 2.24) is 4.90 Å². The second-order valence-corrected chi connectivity index (χ2v) is 3.09. The zero-order valence-corrected chi connectivity index (χ0v) is 7.84. The van der Waals surface area contributed by atoms with Crippen LogP contribution in [0.15, 0.2) is 0 Å². The van der Waals surface area contributed by atoms with E-state index in [2.05, 4.69) is 18.9 Å². The van der Waals surface area contributed by atoms with Gasteiger partial charge in [-0.25, -0.2) is 0 Å². The van der Waals surface area contributed by atoms with Crippen molar-refractivity contribution in [3.63, 3.8) is 0 Å². The van der Waals surface area contributed by atoms with Gasteiger partial charge in [0.2, 0.25) is 0 Å². The van der Waals surface area contributed by atoms with Crippen LogP contribution in [-0.4, -0.2) is 36.8 Å². The van der Waals surface area contributed by atoms with Gasteiger partial charge in [-0.1, -0.05) is 19.8 Å². The molecular weight excluding hydrogens is 138 g/mol. The first-order chi connectivity index (χ1) is 5.31. The standard InChI is InChI=1S/C9H21NO/c1-3-4-5-7-10(2)8-6-9-11/h11H,3-9H2,1-2H3. The van der Waals surface area contributed by atoms with Crippen molar-refractivity contribution >= 4 is 0 Å². The van der Waals surface area contributed by atoms with Crippen LogP contribution in [0.3, 0.4) is 0 Å². The van der Waals surface area contributed by atoms with Gasteiger partial charge in [0.25, 0.3) is 0 Å². The summed E-state index contributed by atoms with van der Waals surface area (Å²) in [7, 11) is 2.12. The maximum atomic E-state index is 8.56. The monoisotopic (exact) mass is 159 g/mol. The molecule has 0 aliphatic rings. The maximum absolute atomic E-state index is 8.56. The summed E-state index contributed by atoms with van der Waals surface area (Å²) in [6, 6.07) is 0. The first kappa shape index (κ1) is 10.9. The predicted octanol–water partition coefficient (Wildman–Crippen LogP) is 1.49. The Bertz CT molecular complexity index is 76.0. The number of nitrogens with zero attached hydrogens (tertiary/aromatic N) is 1. The summed E-state index contributed by atoms with van der Waals surface area (Å²) >= 11 is 0. The maximum Gasteiger partial charge on any atom is 0.0443 e. The smallest absolute Gasteiger partial charge is 0.0443 e. The van der Waals surface area contributed by atoms with E-state index in [1.165, 1.54) is 25.8 Å². The summed E-state index contributed by atoms with van der Waals surface area (Å²) in [5.41, 5.74) is 0. The number of rotatable bonds is 7. The zero-order chi connectivity index (χ0) is 8.53. The molecule has 0 atom stereocenters. The fourth-order valence-electron chi connectivity index (χ4n) is 1.08. The van der Waals surface area contributed by atoms with Crippen LogP contribution in [0.5, 0.6) is 0 Å². The Kier molecular flexibility index (Phi) is 7.96. The molecule has 2 nitrogen and oxygen atoms in total. The lowest BCUT2D eigenvalue weighted by Gasteiger charge is -2.14. The van der Waals surface area contributed by atoms with Crippen LogP contribution < -0.4 is 0 Å². The van der Waals surface area contributed by atoms with E-state index >= 15 is 0 Å². The van der Waals surface area contributed by atoms with E-state index in [0.717, 1.165) is 13.0 Å². The number of unbranched alkanes of at least 4 members (excludes halogenated alkanes) is 2. The lowest BCUT2D eigenvalue weighted by molar-refractivity contribution is 0.245. The van der Waals surface area contributed by atoms with Crippen molar-refractivity contribution in [3.05, 3.63) is 0 Å². The van der Waals surface area contributed by atoms with Gasteiger partial charge in [-0.05, 0) is 26.4 Å². The van der Waals surface area contributed by atoms with E-state index < -0.39 is 0 Å². The Morgan fingerprint density at radius 1 is 1.09 bits per heavy atom. The molecule has 0 aliphatic carbocycles. The summed E-state index contributed by atoms with van der Waals surface area (Å²) in [6.07, 6.45) is 4.80. The summed E-state index contributed by atoms with van der Waals surface area (Å²) in [6.45, 7) is 4.74. The molecule has 0 aliphatic heterocycles. The van der Waals surface area contributed by atoms with Gasteiger partial charge in [0.1, 0.15) is 0 Å². The molecule has 0 aromatic carbocycles. The van der Waals surface area contributed by atoms with E-state index in [9.17, 15) is 0 Å². The molecule has 0 aromatic rings. The van der Waals surface area contributed by atoms with Crippen LogP contribution in [0.1, 0.15) is 32.6 Å². The van der Waals surface area contributed by atoms with Crippen molar-refractivity contribution in [2.75, 3.05) is 26.7 Å². The van der Waals surface area contributed by atoms with Gasteiger partial charge < -0.3 is 10.0 Å². The Labute approximate surface area is 70.2 Å². The van der Waals surface area contributed by atoms with E-state index in [1.807, 2.05) is 0 Å².